The molecule has 0 saturated heterocycles. The number of fused-ring (bicyclic) bond motifs is 1. The van der Waals surface area contributed by atoms with Gasteiger partial charge in [-0.3, -0.25) is 9.20 Å². The summed E-state index contributed by atoms with van der Waals surface area (Å²) in [5.41, 5.74) is 2.91. The first-order valence-electron chi connectivity index (χ1n) is 8.81. The normalized spacial score (nSPS) is 11.0. The van der Waals surface area contributed by atoms with Crippen LogP contribution in [0.3, 0.4) is 0 Å². The molecule has 148 valence electrons. The van der Waals surface area contributed by atoms with E-state index in [0.717, 1.165) is 5.56 Å². The summed E-state index contributed by atoms with van der Waals surface area (Å²) in [6, 6.07) is 10.6. The minimum Gasteiger partial charge on any atom is -0.469 e. The number of ether oxygens (including phenoxy) is 1. The number of esters is 1. The lowest BCUT2D eigenvalue weighted by Gasteiger charge is -2.11. The molecule has 2 heterocycles. The van der Waals surface area contributed by atoms with Gasteiger partial charge in [-0.05, 0) is 43.3 Å². The largest absolute Gasteiger partial charge is 0.469 e. The average Bonchev–Trinajstić information content (AvgIpc) is 3.26. The molecule has 1 N–H and O–H groups in total. The van der Waals surface area contributed by atoms with Gasteiger partial charge in [0.25, 0.3) is 0 Å². The molecule has 2 aromatic heterocycles. The number of anilines is 2. The summed E-state index contributed by atoms with van der Waals surface area (Å²) in [5, 5.41) is 5.02. The van der Waals surface area contributed by atoms with Crippen molar-refractivity contribution in [3.8, 4) is 11.3 Å². The molecule has 0 bridgehead atoms. The molecular formula is C21H17F2N3O2S. The van der Waals surface area contributed by atoms with E-state index in [-0.39, 0.29) is 12.2 Å². The summed E-state index contributed by atoms with van der Waals surface area (Å²) in [7, 11) is 1.32. The van der Waals surface area contributed by atoms with Gasteiger partial charge >= 0.3 is 5.97 Å². The van der Waals surface area contributed by atoms with Crippen LogP contribution in [0.25, 0.3) is 16.2 Å². The molecule has 2 aromatic carbocycles. The van der Waals surface area contributed by atoms with E-state index in [1.165, 1.54) is 36.6 Å². The molecule has 5 nitrogen and oxygen atoms in total. The number of aromatic nitrogens is 2. The van der Waals surface area contributed by atoms with Crippen molar-refractivity contribution in [3.63, 3.8) is 0 Å². The minimum absolute atomic E-state index is 0.0424. The van der Waals surface area contributed by atoms with Gasteiger partial charge < -0.3 is 10.1 Å². The SMILES string of the molecule is COC(=O)Cc1csc2nc(-c3cc(C)ccc3F)c(Nc3ccc(F)cc3)n12. The summed E-state index contributed by atoms with van der Waals surface area (Å²) < 4.78 is 34.5. The molecule has 0 atom stereocenters. The Bertz CT molecular complexity index is 1200. The summed E-state index contributed by atoms with van der Waals surface area (Å²) in [6.07, 6.45) is 0.0424. The van der Waals surface area contributed by atoms with Crippen molar-refractivity contribution in [1.29, 1.82) is 0 Å². The molecule has 0 spiro atoms. The number of hydrogen-bond acceptors (Lipinski definition) is 5. The van der Waals surface area contributed by atoms with E-state index in [0.29, 0.717) is 33.4 Å². The molecule has 0 saturated carbocycles. The number of benzene rings is 2. The number of imidazole rings is 1. The standard InChI is InChI=1S/C21H17F2N3O2S/c1-12-3-8-17(23)16(9-12)19-20(24-14-6-4-13(22)5-7-14)26-15(10-18(27)28-2)11-29-21(26)25-19/h3-9,11,24H,10H2,1-2H3. The predicted octanol–water partition coefficient (Wildman–Crippen LogP) is 5.11. The quantitative estimate of drug-likeness (QED) is 0.462. The lowest BCUT2D eigenvalue weighted by Crippen LogP contribution is -2.08. The number of rotatable bonds is 5. The number of methoxy groups -OCH3 is 1. The van der Waals surface area contributed by atoms with Crippen molar-refractivity contribution < 1.29 is 18.3 Å². The van der Waals surface area contributed by atoms with Gasteiger partial charge in [0.2, 0.25) is 0 Å². The van der Waals surface area contributed by atoms with Crippen LogP contribution in [-0.2, 0) is 16.0 Å². The van der Waals surface area contributed by atoms with Crippen molar-refractivity contribution in [1.82, 2.24) is 9.38 Å². The number of nitrogens with one attached hydrogen (secondary N) is 1. The number of carbonyl (C=O) groups is 1. The smallest absolute Gasteiger partial charge is 0.311 e. The number of nitrogens with zero attached hydrogens (tertiary/aromatic N) is 2. The second kappa shape index (κ2) is 7.63. The number of carbonyl (C=O) groups excluding carboxylic acids is 1. The van der Waals surface area contributed by atoms with Gasteiger partial charge in [-0.15, -0.1) is 11.3 Å². The Labute approximate surface area is 169 Å². The molecule has 0 aliphatic carbocycles. The fraction of sp³-hybridized carbons (Fsp3) is 0.143. The summed E-state index contributed by atoms with van der Waals surface area (Å²) in [4.78, 5) is 17.0. The highest BCUT2D eigenvalue weighted by Gasteiger charge is 2.22. The van der Waals surface area contributed by atoms with Crippen LogP contribution in [0.5, 0.6) is 0 Å². The Morgan fingerprint density at radius 3 is 2.69 bits per heavy atom. The van der Waals surface area contributed by atoms with E-state index in [1.54, 1.807) is 28.7 Å². The predicted molar refractivity (Wildman–Crippen MR) is 109 cm³/mol. The van der Waals surface area contributed by atoms with Crippen LogP contribution in [0.4, 0.5) is 20.3 Å². The Balaban J connectivity index is 1.91. The molecule has 8 heteroatoms. The highest BCUT2D eigenvalue weighted by atomic mass is 32.1. The third kappa shape index (κ3) is 3.71. The Kier molecular flexibility index (Phi) is 5.02. The Morgan fingerprint density at radius 2 is 1.97 bits per heavy atom. The van der Waals surface area contributed by atoms with Crippen LogP contribution in [0.2, 0.25) is 0 Å². The first-order valence-corrected chi connectivity index (χ1v) is 9.69. The molecular weight excluding hydrogens is 396 g/mol. The molecule has 0 radical (unpaired) electrons. The van der Waals surface area contributed by atoms with Gasteiger partial charge in [-0.1, -0.05) is 11.6 Å². The zero-order chi connectivity index (χ0) is 20.5. The van der Waals surface area contributed by atoms with Crippen LogP contribution in [-0.4, -0.2) is 22.5 Å². The van der Waals surface area contributed by atoms with Gasteiger partial charge in [0.05, 0.1) is 13.5 Å². The summed E-state index contributed by atoms with van der Waals surface area (Å²) >= 11 is 1.34. The Morgan fingerprint density at radius 1 is 1.21 bits per heavy atom. The van der Waals surface area contributed by atoms with Crippen molar-refractivity contribution >= 4 is 33.8 Å². The maximum atomic E-state index is 14.6. The van der Waals surface area contributed by atoms with E-state index < -0.39 is 11.8 Å². The zero-order valence-corrected chi connectivity index (χ0v) is 16.5. The second-order valence-electron chi connectivity index (χ2n) is 6.52. The first-order chi connectivity index (χ1) is 14.0. The maximum Gasteiger partial charge on any atom is 0.311 e. The number of aryl methyl sites for hydroxylation is 1. The third-order valence-corrected chi connectivity index (χ3v) is 5.35. The first kappa shape index (κ1) is 19.1. The van der Waals surface area contributed by atoms with Gasteiger partial charge in [0.15, 0.2) is 4.96 Å². The van der Waals surface area contributed by atoms with E-state index >= 15 is 0 Å². The molecule has 4 aromatic rings. The molecule has 0 aliphatic rings. The van der Waals surface area contributed by atoms with Crippen molar-refractivity contribution in [2.24, 2.45) is 0 Å². The molecule has 0 unspecified atom stereocenters. The fourth-order valence-corrected chi connectivity index (χ4v) is 3.94. The highest BCUT2D eigenvalue weighted by Crippen LogP contribution is 2.36. The van der Waals surface area contributed by atoms with Crippen molar-refractivity contribution in [2.75, 3.05) is 12.4 Å². The number of halogens is 2. The van der Waals surface area contributed by atoms with Crippen molar-refractivity contribution in [3.05, 3.63) is 70.7 Å². The fourth-order valence-electron chi connectivity index (χ4n) is 3.05. The van der Waals surface area contributed by atoms with Crippen LogP contribution in [0.1, 0.15) is 11.3 Å². The van der Waals surface area contributed by atoms with E-state index in [2.05, 4.69) is 10.3 Å². The third-order valence-electron chi connectivity index (χ3n) is 4.47. The number of thiazole rings is 1. The molecule has 0 amide bonds. The van der Waals surface area contributed by atoms with Gasteiger partial charge in [-0.25, -0.2) is 13.8 Å². The minimum atomic E-state index is -0.405. The molecule has 0 fully saturated rings. The summed E-state index contributed by atoms with van der Waals surface area (Å²) in [6.45, 7) is 1.87. The topological polar surface area (TPSA) is 55.6 Å². The van der Waals surface area contributed by atoms with Gasteiger partial charge in [0.1, 0.15) is 23.1 Å². The lowest BCUT2D eigenvalue weighted by molar-refractivity contribution is -0.139. The van der Waals surface area contributed by atoms with E-state index in [1.807, 2.05) is 12.3 Å². The monoisotopic (exact) mass is 413 g/mol. The number of hydrogen-bond donors (Lipinski definition) is 1. The van der Waals surface area contributed by atoms with Gasteiger partial charge in [-0.2, -0.15) is 0 Å². The average molecular weight is 413 g/mol. The maximum absolute atomic E-state index is 14.6. The Hall–Kier alpha value is -3.26. The zero-order valence-electron chi connectivity index (χ0n) is 15.7. The molecule has 0 aliphatic heterocycles. The van der Waals surface area contributed by atoms with Crippen LogP contribution in [0.15, 0.2) is 47.8 Å². The van der Waals surface area contributed by atoms with Crippen LogP contribution in [0, 0.1) is 18.6 Å². The molecule has 4 rings (SSSR count). The van der Waals surface area contributed by atoms with Crippen LogP contribution < -0.4 is 5.32 Å². The van der Waals surface area contributed by atoms with E-state index in [9.17, 15) is 13.6 Å². The lowest BCUT2D eigenvalue weighted by atomic mass is 10.1. The van der Waals surface area contributed by atoms with Crippen LogP contribution >= 0.6 is 11.3 Å². The second-order valence-corrected chi connectivity index (χ2v) is 7.36. The van der Waals surface area contributed by atoms with Crippen molar-refractivity contribution in [2.45, 2.75) is 13.3 Å². The molecule has 29 heavy (non-hydrogen) atoms. The summed E-state index contributed by atoms with van der Waals surface area (Å²) in [5.74, 6) is -0.662. The van der Waals surface area contributed by atoms with E-state index in [4.69, 9.17) is 4.74 Å². The highest BCUT2D eigenvalue weighted by molar-refractivity contribution is 7.15. The van der Waals surface area contributed by atoms with Gasteiger partial charge in [0, 0.05) is 22.3 Å².